The number of rotatable bonds is 5. The molecule has 1 N–H and O–H groups in total. The van der Waals surface area contributed by atoms with Crippen molar-refractivity contribution in [2.24, 2.45) is 0 Å². The third kappa shape index (κ3) is 3.19. The minimum Gasteiger partial charge on any atom is -0.296 e. The van der Waals surface area contributed by atoms with E-state index >= 15 is 0 Å². The van der Waals surface area contributed by atoms with Crippen molar-refractivity contribution in [1.82, 2.24) is 20.0 Å². The second-order valence-electron chi connectivity index (χ2n) is 6.28. The van der Waals surface area contributed by atoms with Gasteiger partial charge >= 0.3 is 0 Å². The Hall–Kier alpha value is -2.54. The van der Waals surface area contributed by atoms with Gasteiger partial charge in [-0.25, -0.2) is 4.68 Å². The molecule has 0 atom stereocenters. The van der Waals surface area contributed by atoms with Gasteiger partial charge in [-0.15, -0.1) is 10.2 Å². The first-order valence-electron chi connectivity index (χ1n) is 8.44. The Morgan fingerprint density at radius 1 is 1.36 bits per heavy atom. The number of benzene rings is 1. The topological polar surface area (TPSA) is 72.7 Å². The van der Waals surface area contributed by atoms with Gasteiger partial charge in [-0.3, -0.25) is 10.1 Å². The van der Waals surface area contributed by atoms with Crippen LogP contribution in [0.15, 0.2) is 30.5 Å². The van der Waals surface area contributed by atoms with Crippen LogP contribution in [0, 0.1) is 6.92 Å². The van der Waals surface area contributed by atoms with E-state index in [4.69, 9.17) is 0 Å². The maximum atomic E-state index is 12.7. The molecule has 25 heavy (non-hydrogen) atoms. The van der Waals surface area contributed by atoms with Gasteiger partial charge in [0.1, 0.15) is 5.01 Å². The number of anilines is 1. The van der Waals surface area contributed by atoms with E-state index in [0.717, 1.165) is 22.0 Å². The van der Waals surface area contributed by atoms with Crippen LogP contribution in [0.2, 0.25) is 0 Å². The summed E-state index contributed by atoms with van der Waals surface area (Å²) in [5.41, 5.74) is 3.58. The second-order valence-corrected chi connectivity index (χ2v) is 7.29. The molecule has 0 aliphatic heterocycles. The molecule has 3 aromatic rings. The van der Waals surface area contributed by atoms with Crippen molar-refractivity contribution in [2.45, 2.75) is 39.0 Å². The molecule has 0 bridgehead atoms. The first kappa shape index (κ1) is 16.0. The van der Waals surface area contributed by atoms with E-state index < -0.39 is 0 Å². The van der Waals surface area contributed by atoms with E-state index in [1.165, 1.54) is 24.2 Å². The van der Waals surface area contributed by atoms with Crippen molar-refractivity contribution in [1.29, 1.82) is 0 Å². The molecule has 1 amide bonds. The highest BCUT2D eigenvalue weighted by molar-refractivity contribution is 7.15. The van der Waals surface area contributed by atoms with Crippen LogP contribution < -0.4 is 5.32 Å². The summed E-state index contributed by atoms with van der Waals surface area (Å²) in [5.74, 6) is 0.354. The van der Waals surface area contributed by atoms with Crippen LogP contribution in [-0.2, 0) is 6.42 Å². The summed E-state index contributed by atoms with van der Waals surface area (Å²) < 4.78 is 1.83. The van der Waals surface area contributed by atoms with Crippen LogP contribution in [0.4, 0.5) is 5.13 Å². The van der Waals surface area contributed by atoms with Crippen molar-refractivity contribution in [3.8, 4) is 5.69 Å². The van der Waals surface area contributed by atoms with Gasteiger partial charge in [-0.05, 0) is 43.9 Å². The summed E-state index contributed by atoms with van der Waals surface area (Å²) in [6, 6.07) is 8.08. The third-order valence-corrected chi connectivity index (χ3v) is 5.28. The number of nitrogens with zero attached hydrogens (tertiary/aromatic N) is 4. The van der Waals surface area contributed by atoms with Crippen molar-refractivity contribution < 1.29 is 4.79 Å². The summed E-state index contributed by atoms with van der Waals surface area (Å²) in [6.07, 6.45) is 4.68. The fourth-order valence-corrected chi connectivity index (χ4v) is 3.74. The average molecular weight is 353 g/mol. The molecule has 1 aromatic carbocycles. The molecule has 0 radical (unpaired) electrons. The Morgan fingerprint density at radius 3 is 2.92 bits per heavy atom. The summed E-state index contributed by atoms with van der Waals surface area (Å²) >= 11 is 1.46. The highest BCUT2D eigenvalue weighted by Gasteiger charge is 2.28. The minimum atomic E-state index is -0.186. The maximum absolute atomic E-state index is 12.7. The smallest absolute Gasteiger partial charge is 0.260 e. The number of aromatic nitrogens is 4. The number of amides is 1. The summed E-state index contributed by atoms with van der Waals surface area (Å²) in [4.78, 5) is 12.7. The Labute approximate surface area is 149 Å². The van der Waals surface area contributed by atoms with Crippen LogP contribution in [0.3, 0.4) is 0 Å². The first-order chi connectivity index (χ1) is 12.2. The number of hydrogen-bond acceptors (Lipinski definition) is 5. The van der Waals surface area contributed by atoms with Gasteiger partial charge in [0.15, 0.2) is 0 Å². The summed E-state index contributed by atoms with van der Waals surface area (Å²) in [7, 11) is 0. The molecule has 4 rings (SSSR count). The van der Waals surface area contributed by atoms with Crippen LogP contribution >= 0.6 is 11.3 Å². The molecule has 128 valence electrons. The van der Waals surface area contributed by atoms with Gasteiger partial charge in [-0.1, -0.05) is 30.4 Å². The molecule has 7 heteroatoms. The zero-order valence-electron chi connectivity index (χ0n) is 14.2. The van der Waals surface area contributed by atoms with Gasteiger partial charge in [0.2, 0.25) is 5.13 Å². The van der Waals surface area contributed by atoms with Gasteiger partial charge in [0, 0.05) is 5.92 Å². The fraction of sp³-hybridized carbons (Fsp3) is 0.333. The van der Waals surface area contributed by atoms with Crippen LogP contribution in [0.5, 0.6) is 0 Å². The second kappa shape index (κ2) is 6.40. The molecular formula is C18H19N5OS. The number of nitrogens with one attached hydrogen (secondary N) is 1. The average Bonchev–Trinajstić information content (AvgIpc) is 3.19. The SMILES string of the molecule is CCc1c(C(=O)Nc2nnc(C3CC3)s2)cnn1-c1cccc(C)c1. The highest BCUT2D eigenvalue weighted by Crippen LogP contribution is 2.42. The van der Waals surface area contributed by atoms with Crippen molar-refractivity contribution >= 4 is 22.4 Å². The Balaban J connectivity index is 1.59. The van der Waals surface area contributed by atoms with Gasteiger partial charge in [0.25, 0.3) is 5.91 Å². The Kier molecular flexibility index (Phi) is 4.09. The molecular weight excluding hydrogens is 334 g/mol. The van der Waals surface area contributed by atoms with E-state index in [1.807, 2.05) is 36.7 Å². The molecule has 1 aliphatic carbocycles. The minimum absolute atomic E-state index is 0.186. The quantitative estimate of drug-likeness (QED) is 0.759. The molecule has 2 heterocycles. The zero-order chi connectivity index (χ0) is 17.4. The number of aryl methyl sites for hydroxylation is 1. The third-order valence-electron chi connectivity index (χ3n) is 4.28. The monoisotopic (exact) mass is 353 g/mol. The van der Waals surface area contributed by atoms with E-state index in [1.54, 1.807) is 6.20 Å². The van der Waals surface area contributed by atoms with E-state index in [0.29, 0.717) is 23.0 Å². The van der Waals surface area contributed by atoms with E-state index in [-0.39, 0.29) is 5.91 Å². The predicted octanol–water partition coefficient (Wildman–Crippen LogP) is 3.72. The lowest BCUT2D eigenvalue weighted by Crippen LogP contribution is -2.14. The van der Waals surface area contributed by atoms with Gasteiger partial charge < -0.3 is 0 Å². The predicted molar refractivity (Wildman–Crippen MR) is 97.5 cm³/mol. The van der Waals surface area contributed by atoms with Crippen molar-refractivity contribution in [2.75, 3.05) is 5.32 Å². The summed E-state index contributed by atoms with van der Waals surface area (Å²) in [6.45, 7) is 4.06. The highest BCUT2D eigenvalue weighted by atomic mass is 32.1. The molecule has 0 unspecified atom stereocenters. The lowest BCUT2D eigenvalue weighted by Gasteiger charge is -2.08. The molecule has 6 nitrogen and oxygen atoms in total. The number of carbonyl (C=O) groups excluding carboxylic acids is 1. The molecule has 1 saturated carbocycles. The Morgan fingerprint density at radius 2 is 2.20 bits per heavy atom. The summed E-state index contributed by atoms with van der Waals surface area (Å²) in [5, 5.41) is 17.1. The maximum Gasteiger partial charge on any atom is 0.260 e. The molecule has 1 aliphatic rings. The lowest BCUT2D eigenvalue weighted by molar-refractivity contribution is 0.102. The fourth-order valence-electron chi connectivity index (χ4n) is 2.83. The van der Waals surface area contributed by atoms with Crippen molar-refractivity contribution in [3.63, 3.8) is 0 Å². The molecule has 0 spiro atoms. The number of carbonyl (C=O) groups is 1. The van der Waals surface area contributed by atoms with E-state index in [9.17, 15) is 4.79 Å². The number of hydrogen-bond donors (Lipinski definition) is 1. The van der Waals surface area contributed by atoms with Crippen LogP contribution in [0.1, 0.15) is 52.3 Å². The zero-order valence-corrected chi connectivity index (χ0v) is 15.0. The standard InChI is InChI=1S/C18H19N5OS/c1-3-15-14(10-19-23(15)13-6-4-5-11(2)9-13)16(24)20-18-22-21-17(25-18)12-7-8-12/h4-6,9-10,12H,3,7-8H2,1-2H3,(H,20,22,24). The lowest BCUT2D eigenvalue weighted by atomic mass is 10.1. The largest absolute Gasteiger partial charge is 0.296 e. The first-order valence-corrected chi connectivity index (χ1v) is 9.26. The van der Waals surface area contributed by atoms with Crippen molar-refractivity contribution in [3.05, 3.63) is 52.3 Å². The van der Waals surface area contributed by atoms with Crippen LogP contribution in [-0.4, -0.2) is 25.9 Å². The Bertz CT molecular complexity index is 925. The van der Waals surface area contributed by atoms with Gasteiger partial charge in [0.05, 0.1) is 23.1 Å². The molecule has 0 saturated heterocycles. The van der Waals surface area contributed by atoms with Crippen LogP contribution in [0.25, 0.3) is 5.69 Å². The van der Waals surface area contributed by atoms with Gasteiger partial charge in [-0.2, -0.15) is 5.10 Å². The normalized spacial score (nSPS) is 13.8. The van der Waals surface area contributed by atoms with E-state index in [2.05, 4.69) is 26.7 Å². The molecule has 2 aromatic heterocycles. The molecule has 1 fully saturated rings.